The number of amides is 1. The molecule has 0 saturated carbocycles. The number of hydrogen-bond donors (Lipinski definition) is 3. The second-order valence-corrected chi connectivity index (χ2v) is 8.27. The number of nitrogens with zero attached hydrogens (tertiary/aromatic N) is 1. The maximum atomic E-state index is 12.2. The van der Waals surface area contributed by atoms with E-state index in [0.717, 1.165) is 43.4 Å². The summed E-state index contributed by atoms with van der Waals surface area (Å²) < 4.78 is 6.60. The van der Waals surface area contributed by atoms with E-state index in [1.165, 1.54) is 5.56 Å². The van der Waals surface area contributed by atoms with E-state index in [1.54, 1.807) is 0 Å². The summed E-state index contributed by atoms with van der Waals surface area (Å²) >= 11 is 3.47. The van der Waals surface area contributed by atoms with Crippen LogP contribution in [0.4, 0.5) is 0 Å². The van der Waals surface area contributed by atoms with Gasteiger partial charge >= 0.3 is 11.9 Å². The van der Waals surface area contributed by atoms with Crippen LogP contribution in [-0.2, 0) is 25.7 Å². The molecule has 168 valence electrons. The Bertz CT molecular complexity index is 661. The van der Waals surface area contributed by atoms with Gasteiger partial charge in [-0.3, -0.25) is 9.69 Å². The molecule has 1 aromatic carbocycles. The minimum absolute atomic E-state index is 0.164. The fourth-order valence-corrected chi connectivity index (χ4v) is 3.21. The first-order valence-corrected chi connectivity index (χ1v) is 10.8. The molecule has 3 N–H and O–H groups in total. The molecule has 30 heavy (non-hydrogen) atoms. The van der Waals surface area contributed by atoms with Gasteiger partial charge in [-0.25, -0.2) is 9.59 Å². The highest BCUT2D eigenvalue weighted by molar-refractivity contribution is 9.10. The number of carbonyl (C=O) groups excluding carboxylic acids is 1. The molecule has 2 rings (SSSR count). The summed E-state index contributed by atoms with van der Waals surface area (Å²) in [4.78, 5) is 32.9. The molecular formula is C21H31BrN2O6. The average Bonchev–Trinajstić information content (AvgIpc) is 2.70. The van der Waals surface area contributed by atoms with Gasteiger partial charge in [0.15, 0.2) is 0 Å². The van der Waals surface area contributed by atoms with E-state index in [1.807, 2.05) is 13.8 Å². The maximum Gasteiger partial charge on any atom is 0.414 e. The van der Waals surface area contributed by atoms with Crippen molar-refractivity contribution in [3.63, 3.8) is 0 Å². The molecule has 0 atom stereocenters. The van der Waals surface area contributed by atoms with Gasteiger partial charge in [-0.05, 0) is 63.9 Å². The lowest BCUT2D eigenvalue weighted by Gasteiger charge is -2.31. The van der Waals surface area contributed by atoms with Gasteiger partial charge in [0.1, 0.15) is 0 Å². The standard InChI is InChI=1S/C19H29BrN2O2.C2H2O4/c1-15(2)24-13-3-10-21-19(23)17-8-11-22(12-9-17)14-16-4-6-18(20)7-5-16;3-1(4)2(5)6/h4-7,15,17H,3,8-14H2,1-2H3,(H,21,23);(H,3,4)(H,5,6). The van der Waals surface area contributed by atoms with Gasteiger partial charge < -0.3 is 20.3 Å². The average molecular weight is 487 g/mol. The SMILES string of the molecule is CC(C)OCCCNC(=O)C1CCN(Cc2ccc(Br)cc2)CC1.O=C(O)C(=O)O. The van der Waals surface area contributed by atoms with Crippen molar-refractivity contribution >= 4 is 33.8 Å². The molecule has 9 heteroatoms. The zero-order chi connectivity index (χ0) is 22.5. The van der Waals surface area contributed by atoms with Crippen molar-refractivity contribution in [1.82, 2.24) is 10.2 Å². The van der Waals surface area contributed by atoms with Crippen molar-refractivity contribution in [3.8, 4) is 0 Å². The lowest BCUT2D eigenvalue weighted by atomic mass is 9.95. The second-order valence-electron chi connectivity index (χ2n) is 7.35. The van der Waals surface area contributed by atoms with Crippen LogP contribution in [0.3, 0.4) is 0 Å². The molecule has 1 fully saturated rings. The summed E-state index contributed by atoms with van der Waals surface area (Å²) in [6.07, 6.45) is 3.04. The molecule has 1 aliphatic heterocycles. The van der Waals surface area contributed by atoms with Gasteiger partial charge in [0.2, 0.25) is 5.91 Å². The van der Waals surface area contributed by atoms with Gasteiger partial charge in [0.05, 0.1) is 6.10 Å². The van der Waals surface area contributed by atoms with E-state index < -0.39 is 11.9 Å². The monoisotopic (exact) mass is 486 g/mol. The Hall–Kier alpha value is -1.97. The Kier molecular flexibility index (Phi) is 12.3. The van der Waals surface area contributed by atoms with Crippen LogP contribution in [-0.4, -0.2) is 65.3 Å². The lowest BCUT2D eigenvalue weighted by Crippen LogP contribution is -2.40. The molecule has 0 unspecified atom stereocenters. The number of halogens is 1. The van der Waals surface area contributed by atoms with Gasteiger partial charge in [-0.2, -0.15) is 0 Å². The van der Waals surface area contributed by atoms with E-state index in [2.05, 4.69) is 50.4 Å². The molecule has 1 amide bonds. The number of nitrogens with one attached hydrogen (secondary N) is 1. The lowest BCUT2D eigenvalue weighted by molar-refractivity contribution is -0.159. The van der Waals surface area contributed by atoms with Crippen molar-refractivity contribution in [2.24, 2.45) is 5.92 Å². The van der Waals surface area contributed by atoms with E-state index in [9.17, 15) is 4.79 Å². The predicted molar refractivity (Wildman–Crippen MR) is 116 cm³/mol. The first-order valence-electron chi connectivity index (χ1n) is 10.0. The van der Waals surface area contributed by atoms with E-state index >= 15 is 0 Å². The van der Waals surface area contributed by atoms with Gasteiger partial charge in [-0.1, -0.05) is 28.1 Å². The van der Waals surface area contributed by atoms with Gasteiger partial charge in [-0.15, -0.1) is 0 Å². The summed E-state index contributed by atoms with van der Waals surface area (Å²) in [5.74, 6) is -3.27. The minimum atomic E-state index is -1.82. The number of ether oxygens (including phenoxy) is 1. The van der Waals surface area contributed by atoms with Crippen LogP contribution in [0.5, 0.6) is 0 Å². The molecule has 1 aromatic rings. The van der Waals surface area contributed by atoms with Crippen LogP contribution in [0.15, 0.2) is 28.7 Å². The molecule has 0 aliphatic carbocycles. The fraction of sp³-hybridized carbons (Fsp3) is 0.571. The number of carboxylic acid groups (broad SMARTS) is 2. The first-order chi connectivity index (χ1) is 14.2. The van der Waals surface area contributed by atoms with Gasteiger partial charge in [0.25, 0.3) is 0 Å². The smallest absolute Gasteiger partial charge is 0.414 e. The molecule has 1 saturated heterocycles. The van der Waals surface area contributed by atoms with Crippen LogP contribution in [0, 0.1) is 5.92 Å². The summed E-state index contributed by atoms with van der Waals surface area (Å²) in [6, 6.07) is 8.47. The minimum Gasteiger partial charge on any atom is -0.473 e. The van der Waals surface area contributed by atoms with Crippen molar-refractivity contribution in [1.29, 1.82) is 0 Å². The maximum absolute atomic E-state index is 12.2. The Balaban J connectivity index is 0.000000656. The van der Waals surface area contributed by atoms with Crippen LogP contribution < -0.4 is 5.32 Å². The summed E-state index contributed by atoms with van der Waals surface area (Å²) in [5, 5.41) is 17.8. The Morgan fingerprint density at radius 1 is 1.13 bits per heavy atom. The quantitative estimate of drug-likeness (QED) is 0.382. The summed E-state index contributed by atoms with van der Waals surface area (Å²) in [6.45, 7) is 8.43. The Morgan fingerprint density at radius 3 is 2.20 bits per heavy atom. The molecular weight excluding hydrogens is 456 g/mol. The van der Waals surface area contributed by atoms with Crippen LogP contribution >= 0.6 is 15.9 Å². The molecule has 8 nitrogen and oxygen atoms in total. The molecule has 0 spiro atoms. The molecule has 0 bridgehead atoms. The van der Waals surface area contributed by atoms with Crippen molar-refractivity contribution in [3.05, 3.63) is 34.3 Å². The number of benzene rings is 1. The highest BCUT2D eigenvalue weighted by atomic mass is 79.9. The highest BCUT2D eigenvalue weighted by Gasteiger charge is 2.24. The number of carboxylic acids is 2. The van der Waals surface area contributed by atoms with E-state index in [-0.39, 0.29) is 17.9 Å². The number of aliphatic carboxylic acids is 2. The fourth-order valence-electron chi connectivity index (χ4n) is 2.95. The third kappa shape index (κ3) is 11.3. The van der Waals surface area contributed by atoms with Crippen molar-refractivity contribution < 1.29 is 29.3 Å². The third-order valence-electron chi connectivity index (χ3n) is 4.53. The molecule has 1 aliphatic rings. The number of carbonyl (C=O) groups is 3. The Labute approximate surface area is 185 Å². The third-order valence-corrected chi connectivity index (χ3v) is 5.06. The van der Waals surface area contributed by atoms with E-state index in [4.69, 9.17) is 24.5 Å². The molecule has 1 heterocycles. The number of piperidine rings is 1. The largest absolute Gasteiger partial charge is 0.473 e. The summed E-state index contributed by atoms with van der Waals surface area (Å²) in [5.41, 5.74) is 1.33. The van der Waals surface area contributed by atoms with Crippen molar-refractivity contribution in [2.75, 3.05) is 26.2 Å². The first kappa shape index (κ1) is 26.1. The highest BCUT2D eigenvalue weighted by Crippen LogP contribution is 2.20. The summed E-state index contributed by atoms with van der Waals surface area (Å²) in [7, 11) is 0. The van der Waals surface area contributed by atoms with Crippen molar-refractivity contribution in [2.45, 2.75) is 45.8 Å². The van der Waals surface area contributed by atoms with Crippen LogP contribution in [0.2, 0.25) is 0 Å². The molecule has 0 radical (unpaired) electrons. The number of rotatable bonds is 8. The van der Waals surface area contributed by atoms with E-state index in [0.29, 0.717) is 13.2 Å². The zero-order valence-electron chi connectivity index (χ0n) is 17.5. The topological polar surface area (TPSA) is 116 Å². The van der Waals surface area contributed by atoms with Gasteiger partial charge in [0, 0.05) is 30.1 Å². The zero-order valence-corrected chi connectivity index (χ0v) is 19.1. The second kappa shape index (κ2) is 14.1. The van der Waals surface area contributed by atoms with Crippen LogP contribution in [0.25, 0.3) is 0 Å². The normalized spacial score (nSPS) is 14.7. The number of hydrogen-bond acceptors (Lipinski definition) is 5. The number of likely N-dealkylation sites (tertiary alicyclic amines) is 1. The predicted octanol–water partition coefficient (Wildman–Crippen LogP) is 2.75. The molecule has 0 aromatic heterocycles. The van der Waals surface area contributed by atoms with Crippen LogP contribution in [0.1, 0.15) is 38.7 Å². The Morgan fingerprint density at radius 2 is 1.70 bits per heavy atom.